The summed E-state index contributed by atoms with van der Waals surface area (Å²) in [7, 11) is 0. The normalized spacial score (nSPS) is 15.7. The Labute approximate surface area is 124 Å². The molecule has 0 saturated carbocycles. The Bertz CT molecular complexity index is 609. The second-order valence-corrected chi connectivity index (χ2v) is 5.10. The number of rotatable bonds is 3. The largest absolute Gasteiger partial charge is 0.354 e. The molecule has 2 aromatic heterocycles. The lowest BCUT2D eigenvalue weighted by atomic mass is 10.2. The summed E-state index contributed by atoms with van der Waals surface area (Å²) in [4.78, 5) is 13.4. The van der Waals surface area contributed by atoms with Gasteiger partial charge >= 0.3 is 0 Å². The van der Waals surface area contributed by atoms with Crippen LogP contribution in [0.4, 0.5) is 5.82 Å². The Morgan fingerprint density at radius 1 is 1.05 bits per heavy atom. The summed E-state index contributed by atoms with van der Waals surface area (Å²) < 4.78 is 0. The lowest BCUT2D eigenvalue weighted by Gasteiger charge is -2.35. The highest BCUT2D eigenvalue weighted by Gasteiger charge is 2.18. The van der Waals surface area contributed by atoms with Crippen molar-refractivity contribution in [2.24, 2.45) is 0 Å². The van der Waals surface area contributed by atoms with Gasteiger partial charge in [0.05, 0.1) is 11.3 Å². The fourth-order valence-electron chi connectivity index (χ4n) is 2.50. The maximum atomic E-state index is 8.80. The van der Waals surface area contributed by atoms with Crippen LogP contribution in [0.2, 0.25) is 0 Å². The van der Waals surface area contributed by atoms with Crippen molar-refractivity contribution in [3.8, 4) is 6.07 Å². The van der Waals surface area contributed by atoms with Crippen LogP contribution in [-0.2, 0) is 6.54 Å². The van der Waals surface area contributed by atoms with Gasteiger partial charge in [-0.25, -0.2) is 4.98 Å². The maximum Gasteiger partial charge on any atom is 0.128 e. The van der Waals surface area contributed by atoms with Gasteiger partial charge in [0.1, 0.15) is 11.9 Å². The minimum absolute atomic E-state index is 0.604. The number of pyridine rings is 2. The lowest BCUT2D eigenvalue weighted by molar-refractivity contribution is 0.246. The molecule has 0 N–H and O–H groups in total. The van der Waals surface area contributed by atoms with Gasteiger partial charge in [0, 0.05) is 45.1 Å². The molecule has 106 valence electrons. The minimum atomic E-state index is 0.604. The average Bonchev–Trinajstić information content (AvgIpc) is 2.57. The van der Waals surface area contributed by atoms with E-state index in [1.54, 1.807) is 6.20 Å². The lowest BCUT2D eigenvalue weighted by Crippen LogP contribution is -2.46. The Balaban J connectivity index is 1.56. The first-order valence-electron chi connectivity index (χ1n) is 7.08. The highest BCUT2D eigenvalue weighted by molar-refractivity contribution is 5.42. The molecule has 0 aliphatic carbocycles. The van der Waals surface area contributed by atoms with E-state index < -0.39 is 0 Å². The predicted octanol–water partition coefficient (Wildman–Crippen LogP) is 1.67. The fourth-order valence-corrected chi connectivity index (χ4v) is 2.50. The molecule has 5 heteroatoms. The van der Waals surface area contributed by atoms with Gasteiger partial charge in [-0.3, -0.25) is 9.88 Å². The van der Waals surface area contributed by atoms with Crippen molar-refractivity contribution in [2.75, 3.05) is 31.1 Å². The van der Waals surface area contributed by atoms with Crippen LogP contribution in [0.1, 0.15) is 11.3 Å². The first-order valence-corrected chi connectivity index (χ1v) is 7.08. The fraction of sp³-hybridized carbons (Fsp3) is 0.312. The molecule has 5 nitrogen and oxygen atoms in total. The molecule has 0 unspecified atom stereocenters. The van der Waals surface area contributed by atoms with E-state index in [4.69, 9.17) is 5.26 Å². The zero-order chi connectivity index (χ0) is 14.5. The van der Waals surface area contributed by atoms with Crippen molar-refractivity contribution in [2.45, 2.75) is 6.54 Å². The van der Waals surface area contributed by atoms with Gasteiger partial charge in [-0.2, -0.15) is 5.26 Å². The molecule has 2 aromatic rings. The highest BCUT2D eigenvalue weighted by atomic mass is 15.3. The van der Waals surface area contributed by atoms with Crippen molar-refractivity contribution < 1.29 is 0 Å². The van der Waals surface area contributed by atoms with Crippen LogP contribution in [0.25, 0.3) is 0 Å². The third-order valence-electron chi connectivity index (χ3n) is 3.69. The second kappa shape index (κ2) is 6.33. The Morgan fingerprint density at radius 2 is 1.90 bits per heavy atom. The molecule has 21 heavy (non-hydrogen) atoms. The summed E-state index contributed by atoms with van der Waals surface area (Å²) >= 11 is 0. The van der Waals surface area contributed by atoms with E-state index in [-0.39, 0.29) is 0 Å². The Kier molecular flexibility index (Phi) is 4.08. The average molecular weight is 279 g/mol. The molecule has 3 heterocycles. The first kappa shape index (κ1) is 13.5. The van der Waals surface area contributed by atoms with Gasteiger partial charge in [-0.15, -0.1) is 0 Å². The number of anilines is 1. The maximum absolute atomic E-state index is 8.80. The van der Waals surface area contributed by atoms with Crippen molar-refractivity contribution in [3.05, 3.63) is 54.0 Å². The van der Waals surface area contributed by atoms with E-state index in [0.29, 0.717) is 5.56 Å². The van der Waals surface area contributed by atoms with Gasteiger partial charge in [0.15, 0.2) is 0 Å². The summed E-state index contributed by atoms with van der Waals surface area (Å²) in [5.41, 5.74) is 1.72. The van der Waals surface area contributed by atoms with Crippen molar-refractivity contribution in [1.82, 2.24) is 14.9 Å². The Hall–Kier alpha value is -2.45. The van der Waals surface area contributed by atoms with E-state index in [1.807, 2.05) is 30.5 Å². The van der Waals surface area contributed by atoms with E-state index in [2.05, 4.69) is 31.9 Å². The molecular formula is C16H17N5. The topological polar surface area (TPSA) is 56.1 Å². The summed E-state index contributed by atoms with van der Waals surface area (Å²) in [6, 6.07) is 11.9. The quantitative estimate of drug-likeness (QED) is 0.855. The zero-order valence-electron chi connectivity index (χ0n) is 11.8. The van der Waals surface area contributed by atoms with Crippen molar-refractivity contribution in [3.63, 3.8) is 0 Å². The van der Waals surface area contributed by atoms with Crippen LogP contribution in [0.15, 0.2) is 42.7 Å². The molecule has 1 saturated heterocycles. The molecule has 1 aliphatic heterocycles. The van der Waals surface area contributed by atoms with Crippen LogP contribution in [0.3, 0.4) is 0 Å². The molecule has 0 radical (unpaired) electrons. The van der Waals surface area contributed by atoms with Gasteiger partial charge in [-0.1, -0.05) is 6.07 Å². The molecule has 0 bridgehead atoms. The van der Waals surface area contributed by atoms with Crippen LogP contribution in [-0.4, -0.2) is 41.0 Å². The van der Waals surface area contributed by atoms with E-state index in [0.717, 1.165) is 44.2 Å². The summed E-state index contributed by atoms with van der Waals surface area (Å²) in [6.07, 6.45) is 3.47. The standard InChI is InChI=1S/C16H17N5/c17-11-14-4-5-16(19-12-14)21-9-7-20(8-10-21)13-15-3-1-2-6-18-15/h1-6,12H,7-10,13H2. The molecule has 1 fully saturated rings. The number of hydrogen-bond acceptors (Lipinski definition) is 5. The molecule has 0 atom stereocenters. The van der Waals surface area contributed by atoms with E-state index in [1.165, 1.54) is 0 Å². The molecular weight excluding hydrogens is 262 g/mol. The van der Waals surface area contributed by atoms with E-state index in [9.17, 15) is 0 Å². The summed E-state index contributed by atoms with van der Waals surface area (Å²) in [5.74, 6) is 0.950. The van der Waals surface area contributed by atoms with Crippen LogP contribution in [0, 0.1) is 11.3 Å². The molecule has 1 aliphatic rings. The number of aromatic nitrogens is 2. The van der Waals surface area contributed by atoms with Crippen molar-refractivity contribution in [1.29, 1.82) is 5.26 Å². The third kappa shape index (κ3) is 3.36. The summed E-state index contributed by atoms with van der Waals surface area (Å²) in [6.45, 7) is 4.80. The summed E-state index contributed by atoms with van der Waals surface area (Å²) in [5, 5.41) is 8.80. The van der Waals surface area contributed by atoms with Crippen LogP contribution >= 0.6 is 0 Å². The van der Waals surface area contributed by atoms with Gasteiger partial charge < -0.3 is 4.90 Å². The SMILES string of the molecule is N#Cc1ccc(N2CCN(Cc3ccccn3)CC2)nc1. The number of hydrogen-bond donors (Lipinski definition) is 0. The van der Waals surface area contributed by atoms with Gasteiger partial charge in [0.25, 0.3) is 0 Å². The zero-order valence-corrected chi connectivity index (χ0v) is 11.8. The first-order chi connectivity index (χ1) is 10.3. The predicted molar refractivity (Wildman–Crippen MR) is 80.7 cm³/mol. The Morgan fingerprint density at radius 3 is 2.52 bits per heavy atom. The number of piperazine rings is 1. The van der Waals surface area contributed by atoms with Gasteiger partial charge in [-0.05, 0) is 24.3 Å². The molecule has 0 spiro atoms. The third-order valence-corrected chi connectivity index (χ3v) is 3.69. The van der Waals surface area contributed by atoms with Gasteiger partial charge in [0.2, 0.25) is 0 Å². The monoisotopic (exact) mass is 279 g/mol. The molecule has 0 amide bonds. The molecule has 0 aromatic carbocycles. The molecule has 3 rings (SSSR count). The van der Waals surface area contributed by atoms with Crippen LogP contribution < -0.4 is 4.90 Å². The van der Waals surface area contributed by atoms with Crippen molar-refractivity contribution >= 4 is 5.82 Å². The minimum Gasteiger partial charge on any atom is -0.354 e. The smallest absolute Gasteiger partial charge is 0.128 e. The number of nitriles is 1. The van der Waals surface area contributed by atoms with Crippen LogP contribution in [0.5, 0.6) is 0 Å². The van der Waals surface area contributed by atoms with E-state index >= 15 is 0 Å². The number of nitrogens with zero attached hydrogens (tertiary/aromatic N) is 5. The second-order valence-electron chi connectivity index (χ2n) is 5.10. The highest BCUT2D eigenvalue weighted by Crippen LogP contribution is 2.14.